The molecule has 3 N–H and O–H groups in total. The van der Waals surface area contributed by atoms with E-state index in [1.807, 2.05) is 0 Å². The number of benzene rings is 2. The van der Waals surface area contributed by atoms with Gasteiger partial charge in [0.05, 0.1) is 12.5 Å². The molecule has 0 radical (unpaired) electrons. The lowest BCUT2D eigenvalue weighted by Crippen LogP contribution is -2.21. The van der Waals surface area contributed by atoms with Gasteiger partial charge in [0.2, 0.25) is 0 Å². The van der Waals surface area contributed by atoms with Crippen molar-refractivity contribution in [2.45, 2.75) is 12.2 Å². The Hall–Kier alpha value is -2.12. The van der Waals surface area contributed by atoms with Gasteiger partial charge in [0.1, 0.15) is 36.9 Å². The third-order valence-corrected chi connectivity index (χ3v) is 3.86. The molecule has 2 rings (SSSR count). The molecule has 6 nitrogen and oxygen atoms in total. The van der Waals surface area contributed by atoms with Crippen molar-refractivity contribution in [2.75, 3.05) is 25.7 Å². The molecular weight excluding hydrogens is 360 g/mol. The number of alkyl halides is 1. The summed E-state index contributed by atoms with van der Waals surface area (Å²) in [5.41, 5.74) is 0.992. The summed E-state index contributed by atoms with van der Waals surface area (Å²) in [6, 6.07) is 13.1. The first-order valence-corrected chi connectivity index (χ1v) is 8.60. The number of halogens is 1. The zero-order chi connectivity index (χ0) is 18.9. The Labute approximate surface area is 156 Å². The number of hydrogen-bond acceptors (Lipinski definition) is 6. The molecule has 0 bridgehead atoms. The van der Waals surface area contributed by atoms with Crippen LogP contribution in [0.3, 0.4) is 0 Å². The van der Waals surface area contributed by atoms with Gasteiger partial charge in [-0.25, -0.2) is 0 Å². The Morgan fingerprint density at radius 2 is 1.27 bits per heavy atom. The third kappa shape index (κ3) is 6.00. The normalized spacial score (nSPS) is 13.1. The first-order chi connectivity index (χ1) is 12.5. The molecule has 0 aliphatic carbocycles. The number of carbonyl (C=O) groups excluding carboxylic acids is 1. The van der Waals surface area contributed by atoms with E-state index in [4.69, 9.17) is 26.2 Å². The summed E-state index contributed by atoms with van der Waals surface area (Å²) in [6.45, 7) is -0.311. The van der Waals surface area contributed by atoms with Gasteiger partial charge in [0, 0.05) is 11.1 Å². The molecule has 0 heterocycles. The molecule has 2 aromatic carbocycles. The second kappa shape index (κ2) is 10.1. The van der Waals surface area contributed by atoms with E-state index in [0.29, 0.717) is 22.6 Å². The number of carbonyl (C=O) groups is 1. The predicted octanol–water partition coefficient (Wildman–Crippen LogP) is 1.63. The van der Waals surface area contributed by atoms with Gasteiger partial charge in [-0.2, -0.15) is 0 Å². The summed E-state index contributed by atoms with van der Waals surface area (Å²) in [5.74, 6) is 0.974. The van der Waals surface area contributed by atoms with Crippen molar-refractivity contribution < 1.29 is 29.6 Å². The van der Waals surface area contributed by atoms with Crippen molar-refractivity contribution in [3.8, 4) is 11.5 Å². The molecule has 0 amide bonds. The maximum atomic E-state index is 12.5. The number of aliphatic hydroxyl groups excluding tert-OH is 3. The van der Waals surface area contributed by atoms with E-state index >= 15 is 0 Å². The van der Waals surface area contributed by atoms with E-state index in [0.717, 1.165) is 0 Å². The summed E-state index contributed by atoms with van der Waals surface area (Å²) in [6.07, 6.45) is -1.68. The van der Waals surface area contributed by atoms with Gasteiger partial charge in [-0.3, -0.25) is 4.79 Å². The van der Waals surface area contributed by atoms with Crippen LogP contribution >= 0.6 is 11.6 Å². The lowest BCUT2D eigenvalue weighted by molar-refractivity contribution is 0.0536. The van der Waals surface area contributed by atoms with E-state index < -0.39 is 12.2 Å². The van der Waals surface area contributed by atoms with Crippen molar-refractivity contribution in [1.82, 2.24) is 0 Å². The maximum Gasteiger partial charge on any atom is 0.193 e. The highest BCUT2D eigenvalue weighted by Gasteiger charge is 2.10. The predicted molar refractivity (Wildman–Crippen MR) is 97.1 cm³/mol. The molecule has 7 heteroatoms. The highest BCUT2D eigenvalue weighted by molar-refractivity contribution is 6.18. The summed E-state index contributed by atoms with van der Waals surface area (Å²) in [5, 5.41) is 27.4. The first-order valence-electron chi connectivity index (χ1n) is 8.07. The van der Waals surface area contributed by atoms with Crippen LogP contribution in [0.2, 0.25) is 0 Å². The average Bonchev–Trinajstić information content (AvgIpc) is 2.70. The molecule has 140 valence electrons. The highest BCUT2D eigenvalue weighted by atomic mass is 35.5. The number of aliphatic hydroxyl groups is 3. The lowest BCUT2D eigenvalue weighted by Gasteiger charge is -2.11. The Morgan fingerprint density at radius 1 is 0.846 bits per heavy atom. The average molecular weight is 381 g/mol. The lowest BCUT2D eigenvalue weighted by atomic mass is 10.0. The number of ketones is 1. The number of rotatable bonds is 10. The maximum absolute atomic E-state index is 12.5. The topological polar surface area (TPSA) is 96.2 Å². The van der Waals surface area contributed by atoms with Crippen molar-refractivity contribution in [3.05, 3.63) is 59.7 Å². The van der Waals surface area contributed by atoms with Crippen LogP contribution < -0.4 is 9.47 Å². The second-order valence-electron chi connectivity index (χ2n) is 5.64. The van der Waals surface area contributed by atoms with Gasteiger partial charge in [-0.15, -0.1) is 11.6 Å². The fourth-order valence-electron chi connectivity index (χ4n) is 2.05. The molecule has 0 aliphatic rings. The van der Waals surface area contributed by atoms with Gasteiger partial charge in [-0.05, 0) is 48.5 Å². The minimum atomic E-state index is -0.942. The molecule has 0 saturated heterocycles. The number of hydrogen-bond donors (Lipinski definition) is 3. The molecule has 0 aliphatic heterocycles. The van der Waals surface area contributed by atoms with Crippen LogP contribution in [-0.2, 0) is 0 Å². The van der Waals surface area contributed by atoms with E-state index in [1.54, 1.807) is 48.5 Å². The zero-order valence-electron chi connectivity index (χ0n) is 14.0. The van der Waals surface area contributed by atoms with E-state index in [9.17, 15) is 15.0 Å². The SMILES string of the molecule is O=C(c1ccc(OC[C@H](O)CCl)cc1)c1ccc(OC[C@@H](O)CO)cc1. The quantitative estimate of drug-likeness (QED) is 0.428. The summed E-state index contributed by atoms with van der Waals surface area (Å²) in [4.78, 5) is 12.5. The molecule has 0 aromatic heterocycles. The van der Waals surface area contributed by atoms with E-state index in [-0.39, 0.29) is 31.5 Å². The van der Waals surface area contributed by atoms with Gasteiger partial charge >= 0.3 is 0 Å². The molecule has 0 unspecified atom stereocenters. The minimum Gasteiger partial charge on any atom is -0.491 e. The number of ether oxygens (including phenoxy) is 2. The van der Waals surface area contributed by atoms with Crippen LogP contribution in [0.25, 0.3) is 0 Å². The molecule has 0 saturated carbocycles. The van der Waals surface area contributed by atoms with Crippen LogP contribution in [0.4, 0.5) is 0 Å². The molecule has 0 spiro atoms. The molecule has 2 aromatic rings. The minimum absolute atomic E-state index is 0.0241. The third-order valence-electron chi connectivity index (χ3n) is 3.51. The van der Waals surface area contributed by atoms with Crippen molar-refractivity contribution in [1.29, 1.82) is 0 Å². The van der Waals surface area contributed by atoms with Gasteiger partial charge < -0.3 is 24.8 Å². The van der Waals surface area contributed by atoms with Crippen molar-refractivity contribution >= 4 is 17.4 Å². The van der Waals surface area contributed by atoms with Gasteiger partial charge in [-0.1, -0.05) is 0 Å². The van der Waals surface area contributed by atoms with Gasteiger partial charge in [0.15, 0.2) is 5.78 Å². The van der Waals surface area contributed by atoms with Crippen LogP contribution in [-0.4, -0.2) is 59.0 Å². The largest absolute Gasteiger partial charge is 0.491 e. The van der Waals surface area contributed by atoms with Crippen LogP contribution in [0.1, 0.15) is 15.9 Å². The zero-order valence-corrected chi connectivity index (χ0v) is 14.8. The molecular formula is C19H21ClO6. The smallest absolute Gasteiger partial charge is 0.193 e. The van der Waals surface area contributed by atoms with Crippen LogP contribution in [0.5, 0.6) is 11.5 Å². The Morgan fingerprint density at radius 3 is 1.65 bits per heavy atom. The standard InChI is InChI=1S/C19H21ClO6/c20-9-15(22)11-25-17-5-1-13(2-6-17)19(24)14-3-7-18(8-4-14)26-12-16(23)10-21/h1-8,15-16,21-23H,9-12H2/t15-,16+/m1/s1. The second-order valence-corrected chi connectivity index (χ2v) is 5.95. The highest BCUT2D eigenvalue weighted by Crippen LogP contribution is 2.18. The summed E-state index contributed by atoms with van der Waals surface area (Å²) >= 11 is 5.50. The Bertz CT molecular complexity index is 627. The van der Waals surface area contributed by atoms with E-state index in [2.05, 4.69) is 0 Å². The molecule has 26 heavy (non-hydrogen) atoms. The van der Waals surface area contributed by atoms with Gasteiger partial charge in [0.25, 0.3) is 0 Å². The fraction of sp³-hybridized carbons (Fsp3) is 0.316. The fourth-order valence-corrected chi connectivity index (χ4v) is 2.14. The summed E-state index contributed by atoms with van der Waals surface area (Å²) < 4.78 is 10.7. The molecule has 0 fully saturated rings. The first kappa shape index (κ1) is 20.2. The van der Waals surface area contributed by atoms with Crippen LogP contribution in [0.15, 0.2) is 48.5 Å². The van der Waals surface area contributed by atoms with Crippen molar-refractivity contribution in [2.24, 2.45) is 0 Å². The van der Waals surface area contributed by atoms with Crippen molar-refractivity contribution in [3.63, 3.8) is 0 Å². The monoisotopic (exact) mass is 380 g/mol. The Kier molecular flexibility index (Phi) is 7.87. The Balaban J connectivity index is 1.95. The summed E-state index contributed by atoms with van der Waals surface area (Å²) in [7, 11) is 0. The van der Waals surface area contributed by atoms with E-state index in [1.165, 1.54) is 0 Å². The van der Waals surface area contributed by atoms with Crippen LogP contribution in [0, 0.1) is 0 Å². The molecule has 2 atom stereocenters.